The van der Waals surface area contributed by atoms with Crippen LogP contribution in [0.15, 0.2) is 73.3 Å². The van der Waals surface area contributed by atoms with Gasteiger partial charge in [0.25, 0.3) is 0 Å². The summed E-state index contributed by atoms with van der Waals surface area (Å²) in [6, 6.07) is 20.4. The topological polar surface area (TPSA) is 0 Å². The number of aryl methyl sites for hydroxylation is 3. The molecule has 0 heterocycles. The van der Waals surface area contributed by atoms with Gasteiger partial charge in [-0.3, -0.25) is 0 Å². The first kappa shape index (κ1) is 23.4. The monoisotopic (exact) mass is 444 g/mol. The Bertz CT molecular complexity index is 1060. The zero-order valence-electron chi connectivity index (χ0n) is 19.6. The number of hydrogen-bond donors (Lipinski definition) is 0. The molecule has 1 fully saturated rings. The van der Waals surface area contributed by atoms with Crippen molar-refractivity contribution in [1.82, 2.24) is 0 Å². The summed E-state index contributed by atoms with van der Waals surface area (Å²) in [6.45, 7) is 5.91. The Kier molecular flexibility index (Phi) is 7.75. The van der Waals surface area contributed by atoms with Crippen LogP contribution in [0.3, 0.4) is 0 Å². The van der Waals surface area contributed by atoms with Gasteiger partial charge in [0, 0.05) is 5.56 Å². The average Bonchev–Trinajstić information content (AvgIpc) is 2.87. The number of hydrogen-bond acceptors (Lipinski definition) is 0. The summed E-state index contributed by atoms with van der Waals surface area (Å²) in [4.78, 5) is 0. The summed E-state index contributed by atoms with van der Waals surface area (Å²) in [5.74, 6) is -0.0747. The van der Waals surface area contributed by atoms with E-state index in [0.29, 0.717) is 34.9 Å². The first-order valence-corrected chi connectivity index (χ1v) is 12.4. The van der Waals surface area contributed by atoms with Gasteiger partial charge in [0.1, 0.15) is 0 Å². The van der Waals surface area contributed by atoms with Crippen LogP contribution in [0.25, 0.3) is 11.1 Å². The van der Waals surface area contributed by atoms with Gasteiger partial charge in [-0.15, -0.1) is 6.58 Å². The Hall–Kier alpha value is -2.74. The largest absolute Gasteiger partial charge is 0.203 e. The van der Waals surface area contributed by atoms with Gasteiger partial charge < -0.3 is 0 Å². The Morgan fingerprint density at radius 3 is 1.94 bits per heavy atom. The fourth-order valence-electron chi connectivity index (χ4n) is 5.06. The highest BCUT2D eigenvalue weighted by molar-refractivity contribution is 5.65. The van der Waals surface area contributed by atoms with Crippen LogP contribution in [0, 0.1) is 17.6 Å². The molecule has 4 rings (SSSR count). The van der Waals surface area contributed by atoms with E-state index in [2.05, 4.69) is 36.9 Å². The van der Waals surface area contributed by atoms with Crippen molar-refractivity contribution in [2.24, 2.45) is 5.92 Å². The fourth-order valence-corrected chi connectivity index (χ4v) is 5.06. The van der Waals surface area contributed by atoms with Crippen molar-refractivity contribution in [3.8, 4) is 11.1 Å². The molecule has 1 saturated carbocycles. The van der Waals surface area contributed by atoms with Crippen molar-refractivity contribution in [3.63, 3.8) is 0 Å². The summed E-state index contributed by atoms with van der Waals surface area (Å²) >= 11 is 0. The van der Waals surface area contributed by atoms with Gasteiger partial charge in [0.05, 0.1) is 0 Å². The summed E-state index contributed by atoms with van der Waals surface area (Å²) in [7, 11) is 0. The molecule has 0 unspecified atom stereocenters. The Morgan fingerprint density at radius 2 is 1.36 bits per heavy atom. The fraction of sp³-hybridized carbons (Fsp3) is 0.355. The summed E-state index contributed by atoms with van der Waals surface area (Å²) in [6.07, 6.45) is 10.4. The second-order valence-electron chi connectivity index (χ2n) is 9.44. The van der Waals surface area contributed by atoms with E-state index >= 15 is 0 Å². The standard InChI is InChI=1S/C31H34F2/c1-3-5-28-20-21-29(31(33)30(28)32)27-18-12-24(13-19-27)7-6-23-10-16-26(17-11-23)25-14-8-22(4-2)9-15-25/h4,10-13,16-22,25H,2-3,5-9,14-15H2,1H3. The van der Waals surface area contributed by atoms with Gasteiger partial charge in [-0.05, 0) is 84.6 Å². The molecule has 0 amide bonds. The normalized spacial score (nSPS) is 18.3. The maximum atomic E-state index is 14.6. The predicted octanol–water partition coefficient (Wildman–Crippen LogP) is 8.83. The molecule has 1 aliphatic rings. The first-order valence-electron chi connectivity index (χ1n) is 12.4. The zero-order chi connectivity index (χ0) is 23.2. The van der Waals surface area contributed by atoms with Crippen LogP contribution in [-0.2, 0) is 19.3 Å². The van der Waals surface area contributed by atoms with E-state index in [1.165, 1.54) is 42.4 Å². The van der Waals surface area contributed by atoms with E-state index < -0.39 is 11.6 Å². The van der Waals surface area contributed by atoms with Gasteiger partial charge in [-0.2, -0.15) is 0 Å². The number of benzene rings is 3. The van der Waals surface area contributed by atoms with Gasteiger partial charge in [-0.25, -0.2) is 8.78 Å². The number of halogens is 2. The molecule has 0 bridgehead atoms. The van der Waals surface area contributed by atoms with E-state index in [9.17, 15) is 8.78 Å². The van der Waals surface area contributed by atoms with Crippen LogP contribution in [0.1, 0.15) is 67.2 Å². The molecule has 3 aromatic rings. The lowest BCUT2D eigenvalue weighted by atomic mass is 9.78. The van der Waals surface area contributed by atoms with Crippen molar-refractivity contribution >= 4 is 0 Å². The number of rotatable bonds is 8. The highest BCUT2D eigenvalue weighted by Crippen LogP contribution is 2.36. The molecule has 0 saturated heterocycles. The smallest absolute Gasteiger partial charge is 0.166 e. The van der Waals surface area contributed by atoms with Crippen molar-refractivity contribution in [3.05, 3.63) is 107 Å². The quantitative estimate of drug-likeness (QED) is 0.304. The van der Waals surface area contributed by atoms with Crippen LogP contribution in [0.4, 0.5) is 8.78 Å². The average molecular weight is 445 g/mol. The highest BCUT2D eigenvalue weighted by Gasteiger charge is 2.20. The molecule has 0 aromatic heterocycles. The molecule has 33 heavy (non-hydrogen) atoms. The molecule has 0 radical (unpaired) electrons. The summed E-state index contributed by atoms with van der Waals surface area (Å²) < 4.78 is 28.9. The molecule has 2 heteroatoms. The zero-order valence-corrected chi connectivity index (χ0v) is 19.6. The molecular weight excluding hydrogens is 410 g/mol. The lowest BCUT2D eigenvalue weighted by Gasteiger charge is -2.27. The van der Waals surface area contributed by atoms with Gasteiger partial charge >= 0.3 is 0 Å². The Morgan fingerprint density at radius 1 is 0.758 bits per heavy atom. The molecular formula is C31H34F2. The molecule has 172 valence electrons. The van der Waals surface area contributed by atoms with Crippen LogP contribution in [0.5, 0.6) is 0 Å². The van der Waals surface area contributed by atoms with Gasteiger partial charge in [0.15, 0.2) is 11.6 Å². The van der Waals surface area contributed by atoms with Crippen LogP contribution >= 0.6 is 0 Å². The Labute approximate surface area is 197 Å². The van der Waals surface area contributed by atoms with Gasteiger partial charge in [0.2, 0.25) is 0 Å². The third kappa shape index (κ3) is 5.61. The summed E-state index contributed by atoms with van der Waals surface area (Å²) in [5, 5.41) is 0. The summed E-state index contributed by atoms with van der Waals surface area (Å²) in [5.41, 5.74) is 5.50. The van der Waals surface area contributed by atoms with E-state index in [4.69, 9.17) is 0 Å². The van der Waals surface area contributed by atoms with Gasteiger partial charge in [-0.1, -0.05) is 80.1 Å². The Balaban J connectivity index is 1.35. The first-order chi connectivity index (χ1) is 16.1. The highest BCUT2D eigenvalue weighted by atomic mass is 19.2. The molecule has 3 aromatic carbocycles. The molecule has 1 aliphatic carbocycles. The van der Waals surface area contributed by atoms with Crippen LogP contribution < -0.4 is 0 Å². The maximum Gasteiger partial charge on any atom is 0.166 e. The third-order valence-electron chi connectivity index (χ3n) is 7.21. The van der Waals surface area contributed by atoms with Crippen molar-refractivity contribution in [2.45, 2.75) is 64.2 Å². The second kappa shape index (κ2) is 10.9. The van der Waals surface area contributed by atoms with Crippen molar-refractivity contribution < 1.29 is 8.78 Å². The second-order valence-corrected chi connectivity index (χ2v) is 9.44. The third-order valence-corrected chi connectivity index (χ3v) is 7.21. The predicted molar refractivity (Wildman–Crippen MR) is 135 cm³/mol. The van der Waals surface area contributed by atoms with Crippen LogP contribution in [-0.4, -0.2) is 0 Å². The lowest BCUT2D eigenvalue weighted by Crippen LogP contribution is -2.11. The van der Waals surface area contributed by atoms with E-state index in [1.54, 1.807) is 12.1 Å². The van der Waals surface area contributed by atoms with Crippen LogP contribution in [0.2, 0.25) is 0 Å². The molecule has 0 nitrogen and oxygen atoms in total. The molecule has 0 spiro atoms. The SMILES string of the molecule is C=CC1CCC(c2ccc(CCc3ccc(-c4ccc(CCC)c(F)c4F)cc3)cc2)CC1. The van der Waals surface area contributed by atoms with Crippen molar-refractivity contribution in [2.75, 3.05) is 0 Å². The van der Waals surface area contributed by atoms with E-state index in [0.717, 1.165) is 19.3 Å². The maximum absolute atomic E-state index is 14.6. The van der Waals surface area contributed by atoms with Crippen molar-refractivity contribution in [1.29, 1.82) is 0 Å². The number of allylic oxidation sites excluding steroid dienone is 1. The molecule has 0 N–H and O–H groups in total. The minimum Gasteiger partial charge on any atom is -0.203 e. The minimum absolute atomic E-state index is 0.330. The molecule has 0 aliphatic heterocycles. The molecule has 0 atom stereocenters. The minimum atomic E-state index is -0.744. The van der Waals surface area contributed by atoms with E-state index in [1.807, 2.05) is 31.2 Å². The van der Waals surface area contributed by atoms with E-state index in [-0.39, 0.29) is 0 Å². The lowest BCUT2D eigenvalue weighted by molar-refractivity contribution is 0.376.